The largest absolute Gasteiger partial charge is 0.460 e. The van der Waals surface area contributed by atoms with Gasteiger partial charge in [0.15, 0.2) is 29.6 Å². The van der Waals surface area contributed by atoms with Crippen LogP contribution in [-0.4, -0.2) is 148 Å². The van der Waals surface area contributed by atoms with Gasteiger partial charge in [0.2, 0.25) is 46.2 Å². The highest BCUT2D eigenvalue weighted by Gasteiger charge is 2.75. The lowest BCUT2D eigenvalue weighted by atomic mass is 9.50. The van der Waals surface area contributed by atoms with E-state index in [1.54, 1.807) is 21.0 Å². The molecule has 13 aliphatic rings. The maximum absolute atomic E-state index is 14.1. The number of sulfonamides is 1. The van der Waals surface area contributed by atoms with Crippen molar-refractivity contribution >= 4 is 45.8 Å². The highest BCUT2D eigenvalue weighted by atomic mass is 32.2. The van der Waals surface area contributed by atoms with Gasteiger partial charge in [-0.1, -0.05) is 48.5 Å². The first-order valence-corrected chi connectivity index (χ1v) is 35.1. The van der Waals surface area contributed by atoms with Crippen LogP contribution in [0.5, 0.6) is 0 Å². The van der Waals surface area contributed by atoms with Gasteiger partial charge in [0.05, 0.1) is 50.9 Å². The molecule has 1 N–H and O–H groups in total. The van der Waals surface area contributed by atoms with Crippen LogP contribution in [-0.2, 0) is 125 Å². The third kappa shape index (κ3) is 12.9. The van der Waals surface area contributed by atoms with Crippen molar-refractivity contribution < 1.29 is 123 Å². The lowest BCUT2D eigenvalue weighted by molar-refractivity contribution is -0.586. The second-order valence-corrected chi connectivity index (χ2v) is 31.3. The molecule has 0 aromatic heterocycles. The molecule has 0 radical (unpaired) electrons. The van der Waals surface area contributed by atoms with E-state index in [2.05, 4.69) is 32.4 Å². The molecule has 24 atom stereocenters. The Labute approximate surface area is 538 Å². The average Bonchev–Trinajstić information content (AvgIpc) is 1.26. The van der Waals surface area contributed by atoms with Crippen molar-refractivity contribution in [1.82, 2.24) is 4.72 Å². The van der Waals surface area contributed by atoms with Gasteiger partial charge >= 0.3 is 35.8 Å². The zero-order chi connectivity index (χ0) is 66.2. The predicted molar refractivity (Wildman–Crippen MR) is 311 cm³/mol. The van der Waals surface area contributed by atoms with Crippen molar-refractivity contribution in [2.75, 3.05) is 32.7 Å². The molecular formula is C64H97NO26S. The molecule has 28 heteroatoms. The summed E-state index contributed by atoms with van der Waals surface area (Å²) in [4.78, 5) is 119. The number of fused-ring (bicyclic) bond motifs is 4. The lowest BCUT2D eigenvalue weighted by Crippen LogP contribution is -2.74. The van der Waals surface area contributed by atoms with Gasteiger partial charge in [0.25, 0.3) is 0 Å². The van der Waals surface area contributed by atoms with Crippen LogP contribution in [0.2, 0.25) is 0 Å². The fraction of sp³-hybridized carbons (Fsp3) is 0.906. The summed E-state index contributed by atoms with van der Waals surface area (Å²) in [6, 6.07) is 0. The van der Waals surface area contributed by atoms with E-state index >= 15 is 0 Å². The second kappa shape index (κ2) is 26.2. The third-order valence-corrected chi connectivity index (χ3v) is 24.9. The minimum Gasteiger partial charge on any atom is -0.460 e. The molecule has 10 saturated heterocycles. The van der Waals surface area contributed by atoms with E-state index < -0.39 is 192 Å². The molecule has 4 bridgehead atoms. The van der Waals surface area contributed by atoms with Crippen LogP contribution < -0.4 is 4.72 Å². The Kier molecular flexibility index (Phi) is 19.9. The molecule has 4 unspecified atom stereocenters. The molecule has 10 heterocycles. The van der Waals surface area contributed by atoms with E-state index in [0.717, 1.165) is 51.4 Å². The SMILES string of the molecule is CCS(=O)(=O)NC(COC(=O)CCC(=O)O[C@H]1OC[C@]23OOC(C)(OC)CC[C@@H]2[C@@H](C)CC[C@@H]3[C@@H]1C)(COC(=O)CCC(=O)O[C@@H]1O[C@@H]2OC3(C)CC[C@H]4[C@H](C)CC[C@@](C)([C@H]1C)[C@@]24OO3)OC(=O)CCC(=O)O[C@@H]1O[C@@H]2OC3(C)CC[C@H]4[C@H](C)CC[C@@H]([C@H]1C)[C@@]24OO3. The molecule has 520 valence electrons. The third-order valence-electron chi connectivity index (χ3n) is 23.4. The van der Waals surface area contributed by atoms with Crippen LogP contribution in [0.25, 0.3) is 0 Å². The van der Waals surface area contributed by atoms with E-state index in [1.165, 1.54) is 6.92 Å². The van der Waals surface area contributed by atoms with Crippen LogP contribution in [0, 0.1) is 70.5 Å². The Bertz CT molecular complexity index is 2880. The number of hydrogen-bond acceptors (Lipinski definition) is 26. The van der Waals surface area contributed by atoms with E-state index in [0.29, 0.717) is 31.6 Å². The number of carbonyl (C=O) groups excluding carboxylic acids is 6. The van der Waals surface area contributed by atoms with Gasteiger partial charge in [-0.2, -0.15) is 4.72 Å². The standard InChI is InChI=1S/C64H97NO26S/c1-13-92(72,73)65-61(83-51(71)23-22-49(69)79-53-39(6)45-17-15-36(3)42-26-30-59(10)84-55(81-53)63(42,45)90-87-59,32-75-46(66)18-20-48(68)78-52-38(5)44-16-14-35(2)41-25-29-58(9,74-12)86-89-62(41,44)34-77-52)33-76-47(67)19-21-50(70)80-54-40(7)57(8)28-24-37(4)43-27-31-60(11)85-56(82-54)64(43,57)91-88-60/h35-45,52-56,65H,13-34H2,1-12H3/t35-,36+,37+,38-,39+,40-,41+,42-,43-,44+,45-,52+,53+,54+,55+,56+,57-,58?,59?,60?,61?,62-,63+,64-/m0/s1. The summed E-state index contributed by atoms with van der Waals surface area (Å²) in [5, 5.41) is 0. The molecule has 13 fully saturated rings. The van der Waals surface area contributed by atoms with Crippen molar-refractivity contribution in [2.24, 2.45) is 70.5 Å². The Morgan fingerprint density at radius 1 is 0.522 bits per heavy atom. The summed E-state index contributed by atoms with van der Waals surface area (Å²) in [6.45, 7) is 18.8. The number of rotatable bonds is 21. The molecule has 0 aromatic carbocycles. The summed E-state index contributed by atoms with van der Waals surface area (Å²) in [6.07, 6.45) is 0.293. The summed E-state index contributed by atoms with van der Waals surface area (Å²) in [7, 11) is -2.87. The van der Waals surface area contributed by atoms with Crippen LogP contribution >= 0.6 is 0 Å². The molecule has 3 aliphatic carbocycles. The number of methoxy groups -OCH3 is 1. The summed E-state index contributed by atoms with van der Waals surface area (Å²) in [5.41, 5.74) is -6.03. The number of ether oxygens (including phenoxy) is 12. The van der Waals surface area contributed by atoms with Crippen molar-refractivity contribution in [1.29, 1.82) is 0 Å². The molecule has 10 aliphatic heterocycles. The minimum absolute atomic E-state index is 0.0323. The first kappa shape index (κ1) is 69.6. The fourth-order valence-corrected chi connectivity index (χ4v) is 18.4. The number of carbonyl (C=O) groups is 6. The first-order valence-electron chi connectivity index (χ1n) is 33.5. The molecule has 92 heavy (non-hydrogen) atoms. The summed E-state index contributed by atoms with van der Waals surface area (Å²) >= 11 is 0. The summed E-state index contributed by atoms with van der Waals surface area (Å²) in [5.74, 6) is -10.0. The van der Waals surface area contributed by atoms with Gasteiger partial charge in [-0.25, -0.2) is 37.7 Å². The van der Waals surface area contributed by atoms with Crippen LogP contribution in [0.1, 0.15) is 192 Å². The highest BCUT2D eigenvalue weighted by Crippen LogP contribution is 2.67. The Hall–Kier alpha value is -3.75. The maximum Gasteiger partial charge on any atom is 0.308 e. The quantitative estimate of drug-likeness (QED) is 0.0502. The first-order chi connectivity index (χ1) is 43.4. The molecule has 0 aromatic rings. The molecular weight excluding hydrogens is 1230 g/mol. The molecule has 27 nitrogen and oxygen atoms in total. The average molecular weight is 1330 g/mol. The van der Waals surface area contributed by atoms with Gasteiger partial charge in [-0.05, 0) is 121 Å². The van der Waals surface area contributed by atoms with E-state index in [-0.39, 0.29) is 54.0 Å². The normalized spacial score (nSPS) is 44.9. The van der Waals surface area contributed by atoms with Crippen LogP contribution in [0.4, 0.5) is 0 Å². The highest BCUT2D eigenvalue weighted by molar-refractivity contribution is 7.89. The second-order valence-electron chi connectivity index (χ2n) is 29.3. The Balaban J connectivity index is 0.740. The number of esters is 6. The zero-order valence-electron chi connectivity index (χ0n) is 55.3. The molecule has 3 saturated carbocycles. The van der Waals surface area contributed by atoms with Gasteiger partial charge in [-0.3, -0.25) is 28.8 Å². The van der Waals surface area contributed by atoms with Crippen LogP contribution in [0.3, 0.4) is 0 Å². The van der Waals surface area contributed by atoms with Gasteiger partial charge < -0.3 is 56.8 Å². The van der Waals surface area contributed by atoms with Gasteiger partial charge in [0.1, 0.15) is 18.8 Å². The minimum atomic E-state index is -4.44. The summed E-state index contributed by atoms with van der Waals surface area (Å²) < 4.78 is 102. The Morgan fingerprint density at radius 2 is 1.04 bits per heavy atom. The predicted octanol–water partition coefficient (Wildman–Crippen LogP) is 7.53. The smallest absolute Gasteiger partial charge is 0.308 e. The van der Waals surface area contributed by atoms with E-state index in [4.69, 9.17) is 86.2 Å². The molecule has 13 rings (SSSR count). The monoisotopic (exact) mass is 1330 g/mol. The Morgan fingerprint density at radius 3 is 1.68 bits per heavy atom. The van der Waals surface area contributed by atoms with Gasteiger partial charge in [-0.15, -0.1) is 0 Å². The zero-order valence-corrected chi connectivity index (χ0v) is 56.1. The number of nitrogens with one attached hydrogen (secondary N) is 1. The lowest BCUT2D eigenvalue weighted by Gasteiger charge is -2.65. The van der Waals surface area contributed by atoms with Crippen molar-refractivity contribution in [3.8, 4) is 0 Å². The van der Waals surface area contributed by atoms with Crippen molar-refractivity contribution in [2.45, 2.75) is 263 Å². The fourth-order valence-electron chi connectivity index (χ4n) is 17.5. The topological polar surface area (TPSA) is 315 Å². The van der Waals surface area contributed by atoms with E-state index in [1.807, 2.05) is 27.7 Å². The molecule has 3 spiro atoms. The number of hydrogen-bond donors (Lipinski definition) is 1. The van der Waals surface area contributed by atoms with E-state index in [9.17, 15) is 37.2 Å². The van der Waals surface area contributed by atoms with Crippen LogP contribution in [0.15, 0.2) is 0 Å². The van der Waals surface area contributed by atoms with Crippen molar-refractivity contribution in [3.05, 3.63) is 0 Å². The van der Waals surface area contributed by atoms with Gasteiger partial charge in [0, 0.05) is 61.4 Å². The molecule has 0 amide bonds. The van der Waals surface area contributed by atoms with Crippen molar-refractivity contribution in [3.63, 3.8) is 0 Å². The maximum atomic E-state index is 14.1.